The van der Waals surface area contributed by atoms with Crippen LogP contribution in [0.2, 0.25) is 0 Å². The Kier molecular flexibility index (Phi) is 5.89. The van der Waals surface area contributed by atoms with E-state index < -0.39 is 0 Å². The number of hydrogen-bond donors (Lipinski definition) is 1. The Bertz CT molecular complexity index is 864. The zero-order valence-electron chi connectivity index (χ0n) is 15.6. The van der Waals surface area contributed by atoms with Crippen LogP contribution in [0.3, 0.4) is 0 Å². The van der Waals surface area contributed by atoms with Gasteiger partial charge in [0, 0.05) is 22.7 Å². The monoisotopic (exact) mass is 367 g/mol. The molecule has 2 heterocycles. The smallest absolute Gasteiger partial charge is 0.251 e. The van der Waals surface area contributed by atoms with Gasteiger partial charge in [0.15, 0.2) is 0 Å². The van der Waals surface area contributed by atoms with Crippen molar-refractivity contribution in [3.8, 4) is 5.69 Å². The lowest BCUT2D eigenvalue weighted by Gasteiger charge is -2.08. The highest BCUT2D eigenvalue weighted by atomic mass is 32.1. The zero-order valence-corrected chi connectivity index (χ0v) is 16.4. The summed E-state index contributed by atoms with van der Waals surface area (Å²) in [6.07, 6.45) is 3.02. The molecule has 2 aromatic heterocycles. The Balaban J connectivity index is 1.66. The van der Waals surface area contributed by atoms with Gasteiger partial charge in [0.25, 0.3) is 5.91 Å². The Morgan fingerprint density at radius 3 is 2.58 bits per heavy atom. The Morgan fingerprint density at radius 1 is 1.15 bits per heavy atom. The molecule has 0 atom stereocenters. The van der Waals surface area contributed by atoms with Crippen molar-refractivity contribution in [3.63, 3.8) is 0 Å². The van der Waals surface area contributed by atoms with Crippen LogP contribution in [0.25, 0.3) is 5.69 Å². The molecule has 0 unspecified atom stereocenters. The van der Waals surface area contributed by atoms with Gasteiger partial charge in [-0.2, -0.15) is 5.10 Å². The molecule has 3 rings (SSSR count). The minimum atomic E-state index is -0.0341. The second-order valence-corrected chi connectivity index (χ2v) is 7.48. The molecule has 0 saturated heterocycles. The Morgan fingerprint density at radius 2 is 1.92 bits per heavy atom. The van der Waals surface area contributed by atoms with E-state index in [0.29, 0.717) is 12.1 Å². The normalized spacial score (nSPS) is 10.9. The maximum absolute atomic E-state index is 12.3. The molecule has 4 nitrogen and oxygen atoms in total. The summed E-state index contributed by atoms with van der Waals surface area (Å²) >= 11 is 1.72. The molecule has 0 aliphatic carbocycles. The van der Waals surface area contributed by atoms with Gasteiger partial charge in [0.1, 0.15) is 0 Å². The third-order valence-electron chi connectivity index (χ3n) is 4.55. The number of rotatable bonds is 7. The number of nitrogens with one attached hydrogen (secondary N) is 1. The van der Waals surface area contributed by atoms with Crippen LogP contribution < -0.4 is 5.32 Å². The van der Waals surface area contributed by atoms with Crippen molar-refractivity contribution in [2.75, 3.05) is 6.54 Å². The highest BCUT2D eigenvalue weighted by Crippen LogP contribution is 2.19. The molecule has 0 fully saturated rings. The van der Waals surface area contributed by atoms with Crippen LogP contribution in [0.15, 0.2) is 41.8 Å². The lowest BCUT2D eigenvalue weighted by molar-refractivity contribution is 0.0954. The first-order valence-electron chi connectivity index (χ1n) is 9.06. The van der Waals surface area contributed by atoms with E-state index in [2.05, 4.69) is 42.6 Å². The molecule has 136 valence electrons. The number of aromatic nitrogens is 2. The van der Waals surface area contributed by atoms with Crippen molar-refractivity contribution in [2.45, 2.75) is 40.0 Å². The second-order valence-electron chi connectivity index (χ2n) is 6.44. The van der Waals surface area contributed by atoms with E-state index in [1.54, 1.807) is 11.3 Å². The summed E-state index contributed by atoms with van der Waals surface area (Å²) in [4.78, 5) is 13.6. The molecule has 0 aliphatic heterocycles. The standard InChI is InChI=1S/C21H25N3OS/c1-4-6-20-15(2)23-24(16(20)3)18-10-8-17(9-11-18)21(25)22-13-12-19-7-5-14-26-19/h5,7-11,14H,4,6,12-13H2,1-3H3,(H,22,25). The lowest BCUT2D eigenvalue weighted by Crippen LogP contribution is -2.25. The van der Waals surface area contributed by atoms with Gasteiger partial charge in [-0.25, -0.2) is 4.68 Å². The topological polar surface area (TPSA) is 46.9 Å². The van der Waals surface area contributed by atoms with Crippen LogP contribution in [-0.4, -0.2) is 22.2 Å². The van der Waals surface area contributed by atoms with E-state index in [1.807, 2.05) is 35.0 Å². The van der Waals surface area contributed by atoms with Crippen molar-refractivity contribution >= 4 is 17.2 Å². The number of benzene rings is 1. The van der Waals surface area contributed by atoms with Gasteiger partial charge < -0.3 is 5.32 Å². The number of aryl methyl sites for hydroxylation is 1. The second kappa shape index (κ2) is 8.32. The fourth-order valence-corrected chi connectivity index (χ4v) is 3.86. The van der Waals surface area contributed by atoms with Crippen LogP contribution >= 0.6 is 11.3 Å². The van der Waals surface area contributed by atoms with Gasteiger partial charge in [-0.15, -0.1) is 11.3 Å². The molecule has 0 radical (unpaired) electrons. The van der Waals surface area contributed by atoms with Gasteiger partial charge in [-0.05, 0) is 68.0 Å². The van der Waals surface area contributed by atoms with Crippen molar-refractivity contribution in [2.24, 2.45) is 0 Å². The average Bonchev–Trinajstić information content (AvgIpc) is 3.25. The summed E-state index contributed by atoms with van der Waals surface area (Å²) in [5.41, 5.74) is 5.25. The SMILES string of the molecule is CCCc1c(C)nn(-c2ccc(C(=O)NCCc3cccs3)cc2)c1C. The quantitative estimate of drug-likeness (QED) is 0.669. The molecule has 0 spiro atoms. The van der Waals surface area contributed by atoms with Crippen LogP contribution in [0.4, 0.5) is 0 Å². The first-order chi connectivity index (χ1) is 12.6. The highest BCUT2D eigenvalue weighted by Gasteiger charge is 2.12. The minimum absolute atomic E-state index is 0.0341. The van der Waals surface area contributed by atoms with Crippen molar-refractivity contribution in [3.05, 3.63) is 69.2 Å². The van der Waals surface area contributed by atoms with Crippen molar-refractivity contribution in [1.29, 1.82) is 0 Å². The molecule has 1 N–H and O–H groups in total. The number of carbonyl (C=O) groups excluding carboxylic acids is 1. The van der Waals surface area contributed by atoms with E-state index in [9.17, 15) is 4.79 Å². The van der Waals surface area contributed by atoms with Crippen molar-refractivity contribution < 1.29 is 4.79 Å². The fourth-order valence-electron chi connectivity index (χ4n) is 3.15. The number of thiophene rings is 1. The Labute approximate surface area is 158 Å². The molecular weight excluding hydrogens is 342 g/mol. The van der Waals surface area contributed by atoms with Gasteiger partial charge >= 0.3 is 0 Å². The largest absolute Gasteiger partial charge is 0.352 e. The van der Waals surface area contributed by atoms with E-state index in [1.165, 1.54) is 16.1 Å². The molecule has 1 aromatic carbocycles. The molecule has 5 heteroatoms. The van der Waals surface area contributed by atoms with Crippen LogP contribution in [0, 0.1) is 13.8 Å². The molecular formula is C21H25N3OS. The molecule has 3 aromatic rings. The maximum Gasteiger partial charge on any atom is 0.251 e. The number of carbonyl (C=O) groups is 1. The minimum Gasteiger partial charge on any atom is -0.352 e. The van der Waals surface area contributed by atoms with E-state index in [0.717, 1.165) is 30.6 Å². The highest BCUT2D eigenvalue weighted by molar-refractivity contribution is 7.09. The summed E-state index contributed by atoms with van der Waals surface area (Å²) in [5, 5.41) is 9.71. The first kappa shape index (κ1) is 18.4. The van der Waals surface area contributed by atoms with Gasteiger partial charge in [0.05, 0.1) is 11.4 Å². The summed E-state index contributed by atoms with van der Waals surface area (Å²) in [6, 6.07) is 11.8. The summed E-state index contributed by atoms with van der Waals surface area (Å²) in [7, 11) is 0. The maximum atomic E-state index is 12.3. The molecule has 1 amide bonds. The third-order valence-corrected chi connectivity index (χ3v) is 5.49. The van der Waals surface area contributed by atoms with Crippen LogP contribution in [0.5, 0.6) is 0 Å². The summed E-state index contributed by atoms with van der Waals surface area (Å²) in [5.74, 6) is -0.0341. The lowest BCUT2D eigenvalue weighted by atomic mass is 10.1. The predicted molar refractivity (Wildman–Crippen MR) is 107 cm³/mol. The average molecular weight is 368 g/mol. The van der Waals surface area contributed by atoms with Gasteiger partial charge in [-0.3, -0.25) is 4.79 Å². The molecule has 0 saturated carbocycles. The van der Waals surface area contributed by atoms with E-state index >= 15 is 0 Å². The van der Waals surface area contributed by atoms with E-state index in [-0.39, 0.29) is 5.91 Å². The molecule has 0 bridgehead atoms. The number of hydrogen-bond acceptors (Lipinski definition) is 3. The number of amides is 1. The van der Waals surface area contributed by atoms with Crippen molar-refractivity contribution in [1.82, 2.24) is 15.1 Å². The fraction of sp³-hybridized carbons (Fsp3) is 0.333. The third kappa shape index (κ3) is 4.05. The van der Waals surface area contributed by atoms with Gasteiger partial charge in [-0.1, -0.05) is 19.4 Å². The van der Waals surface area contributed by atoms with E-state index in [4.69, 9.17) is 0 Å². The predicted octanol–water partition coefficient (Wildman–Crippen LogP) is 4.48. The Hall–Kier alpha value is -2.40. The summed E-state index contributed by atoms with van der Waals surface area (Å²) in [6.45, 7) is 7.00. The molecule has 26 heavy (non-hydrogen) atoms. The zero-order chi connectivity index (χ0) is 18.5. The first-order valence-corrected chi connectivity index (χ1v) is 9.94. The van der Waals surface area contributed by atoms with Gasteiger partial charge in [0.2, 0.25) is 0 Å². The number of nitrogens with zero attached hydrogens (tertiary/aromatic N) is 2. The van der Waals surface area contributed by atoms with Crippen LogP contribution in [-0.2, 0) is 12.8 Å². The summed E-state index contributed by atoms with van der Waals surface area (Å²) < 4.78 is 1.97. The molecule has 0 aliphatic rings. The van der Waals surface area contributed by atoms with Crippen LogP contribution in [0.1, 0.15) is 45.5 Å².